The SMILES string of the molecule is COc1ccccc1NC(=O)N(S)c1noc2cccc(N(C)C)c12. The van der Waals surface area contributed by atoms with E-state index in [1.165, 1.54) is 7.11 Å². The first-order valence-corrected chi connectivity index (χ1v) is 7.91. The van der Waals surface area contributed by atoms with E-state index in [9.17, 15) is 4.79 Å². The highest BCUT2D eigenvalue weighted by molar-refractivity contribution is 7.82. The van der Waals surface area contributed by atoms with Gasteiger partial charge < -0.3 is 19.5 Å². The Bertz CT molecular complexity index is 910. The van der Waals surface area contributed by atoms with Crippen LogP contribution in [0.3, 0.4) is 0 Å². The Hall–Kier alpha value is -2.87. The Morgan fingerprint density at radius 2 is 1.96 bits per heavy atom. The Morgan fingerprint density at radius 1 is 1.20 bits per heavy atom. The standard InChI is InChI=1S/C17H18N4O3S/c1-20(2)12-8-6-10-14-15(12)16(19-24-14)21(25)17(22)18-11-7-4-5-9-13(11)23-3/h4-10,25H,1-3H3,(H,18,22). The fourth-order valence-electron chi connectivity index (χ4n) is 2.49. The third-order valence-electron chi connectivity index (χ3n) is 3.68. The lowest BCUT2D eigenvalue weighted by Gasteiger charge is -2.18. The molecule has 0 radical (unpaired) electrons. The van der Waals surface area contributed by atoms with E-state index in [-0.39, 0.29) is 0 Å². The number of methoxy groups -OCH3 is 1. The van der Waals surface area contributed by atoms with Crippen LogP contribution < -0.4 is 19.3 Å². The van der Waals surface area contributed by atoms with Crippen LogP contribution in [0.15, 0.2) is 47.0 Å². The smallest absolute Gasteiger partial charge is 0.337 e. The van der Waals surface area contributed by atoms with Gasteiger partial charge in [-0.15, -0.1) is 0 Å². The van der Waals surface area contributed by atoms with Gasteiger partial charge >= 0.3 is 6.03 Å². The van der Waals surface area contributed by atoms with Crippen LogP contribution in [0.1, 0.15) is 0 Å². The van der Waals surface area contributed by atoms with Crippen molar-refractivity contribution in [1.82, 2.24) is 5.16 Å². The van der Waals surface area contributed by atoms with Crippen molar-refractivity contribution >= 4 is 47.0 Å². The average Bonchev–Trinajstić information content (AvgIpc) is 3.05. The summed E-state index contributed by atoms with van der Waals surface area (Å²) in [6, 6.07) is 12.2. The number of carbonyl (C=O) groups is 1. The second-order valence-electron chi connectivity index (χ2n) is 5.49. The lowest BCUT2D eigenvalue weighted by Crippen LogP contribution is -2.27. The van der Waals surface area contributed by atoms with Gasteiger partial charge in [-0.05, 0) is 24.3 Å². The Labute approximate surface area is 150 Å². The van der Waals surface area contributed by atoms with Gasteiger partial charge in [0.05, 0.1) is 23.9 Å². The molecule has 0 aliphatic heterocycles. The maximum atomic E-state index is 12.6. The van der Waals surface area contributed by atoms with Gasteiger partial charge in [0, 0.05) is 14.1 Å². The molecule has 0 aliphatic rings. The molecule has 7 nitrogen and oxygen atoms in total. The molecule has 3 rings (SSSR count). The van der Waals surface area contributed by atoms with Crippen LogP contribution in [0.2, 0.25) is 0 Å². The van der Waals surface area contributed by atoms with E-state index in [1.807, 2.05) is 37.2 Å². The predicted molar refractivity (Wildman–Crippen MR) is 102 cm³/mol. The lowest BCUT2D eigenvalue weighted by atomic mass is 10.2. The summed E-state index contributed by atoms with van der Waals surface area (Å²) in [6.07, 6.45) is 0. The Kier molecular flexibility index (Phi) is 4.71. The summed E-state index contributed by atoms with van der Waals surface area (Å²) < 4.78 is 11.7. The highest BCUT2D eigenvalue weighted by Crippen LogP contribution is 2.35. The first-order chi connectivity index (χ1) is 12.0. The summed E-state index contributed by atoms with van der Waals surface area (Å²) >= 11 is 4.31. The fourth-order valence-corrected chi connectivity index (χ4v) is 2.67. The zero-order valence-corrected chi connectivity index (χ0v) is 14.9. The van der Waals surface area contributed by atoms with E-state index < -0.39 is 6.03 Å². The van der Waals surface area contributed by atoms with E-state index in [1.54, 1.807) is 24.3 Å². The molecular weight excluding hydrogens is 340 g/mol. The van der Waals surface area contributed by atoms with Crippen molar-refractivity contribution < 1.29 is 14.1 Å². The summed E-state index contributed by atoms with van der Waals surface area (Å²) in [5.41, 5.74) is 1.98. The summed E-state index contributed by atoms with van der Waals surface area (Å²) in [5.74, 6) is 0.867. The number of fused-ring (bicyclic) bond motifs is 1. The monoisotopic (exact) mass is 358 g/mol. The van der Waals surface area contributed by atoms with Gasteiger partial charge in [0.1, 0.15) is 5.75 Å². The molecule has 8 heteroatoms. The fraction of sp³-hybridized carbons (Fsp3) is 0.176. The second-order valence-corrected chi connectivity index (χ2v) is 5.89. The largest absolute Gasteiger partial charge is 0.495 e. The number of ether oxygens (including phenoxy) is 1. The number of benzene rings is 2. The molecule has 0 saturated carbocycles. The molecule has 0 aliphatic carbocycles. The first-order valence-electron chi connectivity index (χ1n) is 7.51. The normalized spacial score (nSPS) is 10.6. The number of nitrogens with one attached hydrogen (secondary N) is 1. The molecule has 0 fully saturated rings. The summed E-state index contributed by atoms with van der Waals surface area (Å²) in [7, 11) is 5.35. The minimum atomic E-state index is -0.475. The number of amides is 2. The number of thiol groups is 1. The van der Waals surface area contributed by atoms with Crippen molar-refractivity contribution in [2.45, 2.75) is 0 Å². The van der Waals surface area contributed by atoms with E-state index in [4.69, 9.17) is 9.26 Å². The van der Waals surface area contributed by atoms with Gasteiger partial charge in [0.15, 0.2) is 11.4 Å². The molecule has 3 aromatic rings. The first kappa shape index (κ1) is 17.0. The zero-order chi connectivity index (χ0) is 18.0. The predicted octanol–water partition coefficient (Wildman–Crippen LogP) is 3.79. The highest BCUT2D eigenvalue weighted by Gasteiger charge is 2.23. The van der Waals surface area contributed by atoms with Crippen molar-refractivity contribution in [3.05, 3.63) is 42.5 Å². The van der Waals surface area contributed by atoms with Crippen LogP contribution >= 0.6 is 12.8 Å². The van der Waals surface area contributed by atoms with E-state index in [0.717, 1.165) is 9.99 Å². The number of hydrogen-bond donors (Lipinski definition) is 2. The molecule has 2 amide bonds. The van der Waals surface area contributed by atoms with Crippen molar-refractivity contribution in [3.8, 4) is 5.75 Å². The second kappa shape index (κ2) is 6.94. The van der Waals surface area contributed by atoms with Gasteiger partial charge in [0.2, 0.25) is 0 Å². The van der Waals surface area contributed by atoms with E-state index >= 15 is 0 Å². The van der Waals surface area contributed by atoms with Gasteiger partial charge in [-0.3, -0.25) is 0 Å². The quantitative estimate of drug-likeness (QED) is 0.695. The van der Waals surface area contributed by atoms with E-state index in [0.29, 0.717) is 28.2 Å². The Balaban J connectivity index is 1.94. The van der Waals surface area contributed by atoms with E-state index in [2.05, 4.69) is 23.3 Å². The molecule has 130 valence electrons. The third-order valence-corrected chi connectivity index (χ3v) is 4.05. The van der Waals surface area contributed by atoms with Crippen molar-refractivity contribution in [2.24, 2.45) is 0 Å². The molecule has 1 N–H and O–H groups in total. The molecule has 0 unspecified atom stereocenters. The van der Waals surface area contributed by atoms with Crippen molar-refractivity contribution in [1.29, 1.82) is 0 Å². The number of rotatable bonds is 4. The number of urea groups is 1. The van der Waals surface area contributed by atoms with Crippen LogP contribution in [0, 0.1) is 0 Å². The summed E-state index contributed by atoms with van der Waals surface area (Å²) in [4.78, 5) is 14.5. The molecular formula is C17H18N4O3S. The number of hydrogen-bond acceptors (Lipinski definition) is 6. The summed E-state index contributed by atoms with van der Waals surface area (Å²) in [5, 5.41) is 7.46. The molecule has 0 atom stereocenters. The zero-order valence-electron chi connectivity index (χ0n) is 14.1. The van der Waals surface area contributed by atoms with Crippen LogP contribution in [-0.2, 0) is 0 Å². The third kappa shape index (κ3) is 3.20. The molecule has 25 heavy (non-hydrogen) atoms. The van der Waals surface area contributed by atoms with Crippen LogP contribution in [0.4, 0.5) is 22.0 Å². The van der Waals surface area contributed by atoms with Crippen molar-refractivity contribution in [2.75, 3.05) is 35.7 Å². The Morgan fingerprint density at radius 3 is 2.68 bits per heavy atom. The van der Waals surface area contributed by atoms with Crippen LogP contribution in [0.5, 0.6) is 5.75 Å². The molecule has 0 saturated heterocycles. The van der Waals surface area contributed by atoms with Gasteiger partial charge in [0.25, 0.3) is 0 Å². The molecule has 0 bridgehead atoms. The molecule has 2 aromatic carbocycles. The highest BCUT2D eigenvalue weighted by atomic mass is 32.1. The number of nitrogens with zero attached hydrogens (tertiary/aromatic N) is 3. The van der Waals surface area contributed by atoms with Gasteiger partial charge in [-0.2, -0.15) is 0 Å². The van der Waals surface area contributed by atoms with Gasteiger partial charge in [-0.25, -0.2) is 9.10 Å². The average molecular weight is 358 g/mol. The minimum Gasteiger partial charge on any atom is -0.495 e. The number of anilines is 3. The van der Waals surface area contributed by atoms with Gasteiger partial charge in [-0.1, -0.05) is 36.2 Å². The molecule has 0 spiro atoms. The number of aromatic nitrogens is 1. The number of para-hydroxylation sites is 2. The maximum absolute atomic E-state index is 12.6. The minimum absolute atomic E-state index is 0.315. The lowest BCUT2D eigenvalue weighted by molar-refractivity contribution is 0.260. The van der Waals surface area contributed by atoms with Crippen LogP contribution in [-0.4, -0.2) is 32.4 Å². The van der Waals surface area contributed by atoms with Crippen molar-refractivity contribution in [3.63, 3.8) is 0 Å². The summed E-state index contributed by atoms with van der Waals surface area (Å²) in [6.45, 7) is 0. The molecule has 1 heterocycles. The molecule has 1 aromatic heterocycles. The number of carbonyl (C=O) groups excluding carboxylic acids is 1. The maximum Gasteiger partial charge on any atom is 0.337 e. The van der Waals surface area contributed by atoms with Crippen LogP contribution in [0.25, 0.3) is 11.0 Å². The topological polar surface area (TPSA) is 70.8 Å².